The first-order valence-electron chi connectivity index (χ1n) is 7.87. The molecule has 0 bridgehead atoms. The molecule has 1 spiro atoms. The van der Waals surface area contributed by atoms with Gasteiger partial charge in [0.15, 0.2) is 0 Å². The molecular weight excluding hydrogens is 344 g/mol. The molecule has 3 rings (SSSR count). The second kappa shape index (κ2) is 8.01. The molecule has 0 saturated carbocycles. The molecule has 0 radical (unpaired) electrons. The van der Waals surface area contributed by atoms with E-state index in [1.54, 1.807) is 12.1 Å². The second-order valence-corrected chi connectivity index (χ2v) is 6.02. The monoisotopic (exact) mass is 364 g/mol. The maximum Gasteiger partial charge on any atom is 0.490 e. The number of aliphatic carboxylic acids is 1. The summed E-state index contributed by atoms with van der Waals surface area (Å²) < 4.78 is 51.0. The van der Waals surface area contributed by atoms with E-state index >= 15 is 0 Å². The first-order valence-corrected chi connectivity index (χ1v) is 7.87. The van der Waals surface area contributed by atoms with Gasteiger partial charge in [-0.05, 0) is 31.0 Å². The van der Waals surface area contributed by atoms with Crippen molar-refractivity contribution in [1.29, 1.82) is 0 Å². The number of ether oxygens (including phenoxy) is 1. The molecule has 2 saturated heterocycles. The standard InChI is InChI=1S/C14H19FN2O.C2HF3O2/c15-12-3-1-4-13(9-12)17-7-2-5-14(11-17)10-16-6-8-18-14;3-2(4,5)1(6)7/h1,3-4,9,16H,2,5-8,10-11H2;(H,6,7). The Kier molecular flexibility index (Phi) is 6.23. The lowest BCUT2D eigenvalue weighted by Gasteiger charge is -2.45. The molecule has 0 aliphatic carbocycles. The number of nitrogens with one attached hydrogen (secondary N) is 1. The van der Waals surface area contributed by atoms with Crippen molar-refractivity contribution < 1.29 is 32.2 Å². The molecule has 2 N–H and O–H groups in total. The third-order valence-electron chi connectivity index (χ3n) is 4.09. The number of anilines is 1. The Balaban J connectivity index is 0.000000277. The zero-order valence-corrected chi connectivity index (χ0v) is 13.5. The van der Waals surface area contributed by atoms with Gasteiger partial charge in [-0.1, -0.05) is 6.07 Å². The topological polar surface area (TPSA) is 61.8 Å². The Bertz CT molecular complexity index is 583. The van der Waals surface area contributed by atoms with E-state index < -0.39 is 12.1 Å². The highest BCUT2D eigenvalue weighted by Crippen LogP contribution is 2.29. The zero-order chi connectivity index (χ0) is 18.5. The number of carboxylic acid groups (broad SMARTS) is 1. The van der Waals surface area contributed by atoms with Gasteiger partial charge in [0.05, 0.1) is 12.2 Å². The summed E-state index contributed by atoms with van der Waals surface area (Å²) in [6.07, 6.45) is -2.90. The van der Waals surface area contributed by atoms with Gasteiger partial charge in [-0.25, -0.2) is 9.18 Å². The van der Waals surface area contributed by atoms with Gasteiger partial charge in [-0.15, -0.1) is 0 Å². The minimum atomic E-state index is -5.08. The van der Waals surface area contributed by atoms with E-state index in [1.165, 1.54) is 6.07 Å². The van der Waals surface area contributed by atoms with Crippen molar-refractivity contribution in [3.05, 3.63) is 30.1 Å². The van der Waals surface area contributed by atoms with Crippen LogP contribution < -0.4 is 10.2 Å². The Labute approximate surface area is 142 Å². The minimum absolute atomic E-state index is 0.0805. The van der Waals surface area contributed by atoms with Crippen LogP contribution in [0, 0.1) is 5.82 Å². The number of benzene rings is 1. The maximum atomic E-state index is 13.3. The van der Waals surface area contributed by atoms with Crippen LogP contribution >= 0.6 is 0 Å². The van der Waals surface area contributed by atoms with Crippen molar-refractivity contribution in [2.45, 2.75) is 24.6 Å². The third kappa shape index (κ3) is 5.57. The van der Waals surface area contributed by atoms with E-state index in [-0.39, 0.29) is 11.4 Å². The largest absolute Gasteiger partial charge is 0.490 e. The molecule has 2 aliphatic rings. The fourth-order valence-corrected chi connectivity index (χ4v) is 2.96. The van der Waals surface area contributed by atoms with Gasteiger partial charge < -0.3 is 20.1 Å². The lowest BCUT2D eigenvalue weighted by atomic mass is 9.91. The van der Waals surface area contributed by atoms with Crippen molar-refractivity contribution in [3.8, 4) is 0 Å². The van der Waals surface area contributed by atoms with Crippen LogP contribution in [0.5, 0.6) is 0 Å². The molecule has 1 unspecified atom stereocenters. The number of nitrogens with zero attached hydrogens (tertiary/aromatic N) is 1. The maximum absolute atomic E-state index is 13.3. The molecule has 5 nitrogen and oxygen atoms in total. The number of piperidine rings is 1. The highest BCUT2D eigenvalue weighted by molar-refractivity contribution is 5.73. The molecule has 1 aromatic rings. The van der Waals surface area contributed by atoms with Gasteiger partial charge in [0.25, 0.3) is 0 Å². The number of hydrogen-bond donors (Lipinski definition) is 2. The normalized spacial score (nSPS) is 23.8. The van der Waals surface area contributed by atoms with Gasteiger partial charge in [0, 0.05) is 31.9 Å². The predicted octanol–water partition coefficient (Wildman–Crippen LogP) is 2.42. The molecule has 1 aromatic carbocycles. The Morgan fingerprint density at radius 1 is 1.36 bits per heavy atom. The summed E-state index contributed by atoms with van der Waals surface area (Å²) in [6.45, 7) is 4.44. The molecule has 0 aromatic heterocycles. The summed E-state index contributed by atoms with van der Waals surface area (Å²) >= 11 is 0. The Hall–Kier alpha value is -1.87. The van der Waals surface area contributed by atoms with Gasteiger partial charge in [0.2, 0.25) is 0 Å². The van der Waals surface area contributed by atoms with Crippen LogP contribution in [-0.4, -0.2) is 55.6 Å². The summed E-state index contributed by atoms with van der Waals surface area (Å²) in [7, 11) is 0. The smallest absolute Gasteiger partial charge is 0.475 e. The number of morpholine rings is 1. The van der Waals surface area contributed by atoms with Gasteiger partial charge in [0.1, 0.15) is 5.82 Å². The van der Waals surface area contributed by atoms with Crippen LogP contribution in [0.25, 0.3) is 0 Å². The Morgan fingerprint density at radius 2 is 2.08 bits per heavy atom. The first-order chi connectivity index (χ1) is 11.7. The lowest BCUT2D eigenvalue weighted by molar-refractivity contribution is -0.192. The van der Waals surface area contributed by atoms with Crippen LogP contribution in [0.15, 0.2) is 24.3 Å². The average Bonchev–Trinajstić information content (AvgIpc) is 2.55. The minimum Gasteiger partial charge on any atom is -0.475 e. The van der Waals surface area contributed by atoms with Crippen LogP contribution in [0.3, 0.4) is 0 Å². The summed E-state index contributed by atoms with van der Waals surface area (Å²) in [5.74, 6) is -2.93. The summed E-state index contributed by atoms with van der Waals surface area (Å²) in [4.78, 5) is 11.1. The van der Waals surface area contributed by atoms with Crippen LogP contribution in [0.4, 0.5) is 23.2 Å². The highest BCUT2D eigenvalue weighted by Gasteiger charge is 2.38. The van der Waals surface area contributed by atoms with E-state index in [2.05, 4.69) is 10.2 Å². The Morgan fingerprint density at radius 3 is 2.64 bits per heavy atom. The zero-order valence-electron chi connectivity index (χ0n) is 13.5. The van der Waals surface area contributed by atoms with Gasteiger partial charge >= 0.3 is 12.1 Å². The fraction of sp³-hybridized carbons (Fsp3) is 0.562. The van der Waals surface area contributed by atoms with E-state index in [9.17, 15) is 17.6 Å². The predicted molar refractivity (Wildman–Crippen MR) is 83.1 cm³/mol. The van der Waals surface area contributed by atoms with E-state index in [0.717, 1.165) is 51.3 Å². The van der Waals surface area contributed by atoms with Gasteiger partial charge in [-0.2, -0.15) is 13.2 Å². The quantitative estimate of drug-likeness (QED) is 0.750. The van der Waals surface area contributed by atoms with Crippen molar-refractivity contribution in [1.82, 2.24) is 5.32 Å². The number of halogens is 4. The molecule has 2 fully saturated rings. The molecule has 25 heavy (non-hydrogen) atoms. The highest BCUT2D eigenvalue weighted by atomic mass is 19.4. The van der Waals surface area contributed by atoms with Crippen molar-refractivity contribution in [3.63, 3.8) is 0 Å². The average molecular weight is 364 g/mol. The number of rotatable bonds is 1. The fourth-order valence-electron chi connectivity index (χ4n) is 2.96. The third-order valence-corrected chi connectivity index (χ3v) is 4.09. The molecular formula is C16H20F4N2O3. The van der Waals surface area contributed by atoms with Crippen LogP contribution in [0.1, 0.15) is 12.8 Å². The lowest BCUT2D eigenvalue weighted by Crippen LogP contribution is -2.58. The van der Waals surface area contributed by atoms with Crippen LogP contribution in [0.2, 0.25) is 0 Å². The number of carbonyl (C=O) groups is 1. The summed E-state index contributed by atoms with van der Waals surface area (Å²) in [6, 6.07) is 6.83. The number of carboxylic acids is 1. The summed E-state index contributed by atoms with van der Waals surface area (Å²) in [5, 5.41) is 10.5. The molecule has 2 heterocycles. The molecule has 2 aliphatic heterocycles. The summed E-state index contributed by atoms with van der Waals surface area (Å²) in [5.41, 5.74) is 0.881. The van der Waals surface area contributed by atoms with E-state index in [4.69, 9.17) is 14.6 Å². The SMILES string of the molecule is Fc1cccc(N2CCCC3(CNCCO3)C2)c1.O=C(O)C(F)(F)F. The van der Waals surface area contributed by atoms with Crippen molar-refractivity contribution in [2.24, 2.45) is 0 Å². The van der Waals surface area contributed by atoms with Crippen molar-refractivity contribution >= 4 is 11.7 Å². The number of alkyl halides is 3. The first kappa shape index (κ1) is 19.5. The van der Waals surface area contributed by atoms with Crippen molar-refractivity contribution in [2.75, 3.05) is 37.7 Å². The number of hydrogen-bond acceptors (Lipinski definition) is 4. The van der Waals surface area contributed by atoms with E-state index in [0.29, 0.717) is 0 Å². The van der Waals surface area contributed by atoms with E-state index in [1.807, 2.05) is 6.07 Å². The molecule has 1 atom stereocenters. The van der Waals surface area contributed by atoms with Gasteiger partial charge in [-0.3, -0.25) is 0 Å². The van der Waals surface area contributed by atoms with Crippen LogP contribution in [-0.2, 0) is 9.53 Å². The molecule has 9 heteroatoms. The molecule has 140 valence electrons. The second-order valence-electron chi connectivity index (χ2n) is 6.02. The molecule has 0 amide bonds.